The molecule has 2 aliphatic rings. The number of ether oxygens (including phenoxy) is 2. The normalized spacial score (nSPS) is 22.3. The Hall–Kier alpha value is -1.91. The standard InChI is InChI=1S/C16H21FN2O6S/c1-16(23-2)9-18(10-16)14-5-4-11(6-13(14)17)19-7-12(25-15(19)20)8-26(21,22)24-3/h4-6,12H,7-10H2,1-3H3. The Labute approximate surface area is 151 Å². The lowest BCUT2D eigenvalue weighted by Crippen LogP contribution is -2.61. The maximum absolute atomic E-state index is 14.5. The first-order valence-electron chi connectivity index (χ1n) is 8.02. The number of methoxy groups -OCH3 is 1. The van der Waals surface area contributed by atoms with Crippen LogP contribution in [0.5, 0.6) is 0 Å². The average molecular weight is 388 g/mol. The first-order valence-corrected chi connectivity index (χ1v) is 9.60. The van der Waals surface area contributed by atoms with Gasteiger partial charge in [-0.15, -0.1) is 0 Å². The zero-order chi connectivity index (χ0) is 19.1. The van der Waals surface area contributed by atoms with E-state index in [1.54, 1.807) is 19.2 Å². The number of carbonyl (C=O) groups is 1. The van der Waals surface area contributed by atoms with Crippen LogP contribution in [0.1, 0.15) is 6.92 Å². The van der Waals surface area contributed by atoms with E-state index in [9.17, 15) is 17.6 Å². The lowest BCUT2D eigenvalue weighted by atomic mass is 9.95. The summed E-state index contributed by atoms with van der Waals surface area (Å²) in [4.78, 5) is 15.1. The molecule has 1 atom stereocenters. The summed E-state index contributed by atoms with van der Waals surface area (Å²) in [5.41, 5.74) is 0.446. The Morgan fingerprint density at radius 3 is 2.62 bits per heavy atom. The van der Waals surface area contributed by atoms with Gasteiger partial charge in [-0.1, -0.05) is 0 Å². The SMILES string of the molecule is COC1(C)CN(c2ccc(N3CC(CS(=O)(=O)OC)OC3=O)cc2F)C1. The number of rotatable bonds is 6. The van der Waals surface area contributed by atoms with Crippen molar-refractivity contribution in [2.75, 3.05) is 49.4 Å². The fraction of sp³-hybridized carbons (Fsp3) is 0.562. The third kappa shape index (κ3) is 3.62. The number of anilines is 2. The van der Waals surface area contributed by atoms with Gasteiger partial charge >= 0.3 is 6.09 Å². The third-order valence-electron chi connectivity index (χ3n) is 4.65. The molecule has 1 aromatic rings. The Kier molecular flexibility index (Phi) is 4.84. The number of carbonyl (C=O) groups excluding carboxylic acids is 1. The minimum atomic E-state index is -3.76. The fourth-order valence-electron chi connectivity index (χ4n) is 3.10. The molecule has 2 fully saturated rings. The maximum atomic E-state index is 14.5. The summed E-state index contributed by atoms with van der Waals surface area (Å²) in [6.07, 6.45) is -1.59. The van der Waals surface area contributed by atoms with Crippen LogP contribution in [0.15, 0.2) is 18.2 Å². The molecule has 3 rings (SSSR count). The van der Waals surface area contributed by atoms with E-state index in [1.165, 1.54) is 11.0 Å². The minimum absolute atomic E-state index is 0.00563. The predicted molar refractivity (Wildman–Crippen MR) is 92.4 cm³/mol. The molecule has 26 heavy (non-hydrogen) atoms. The van der Waals surface area contributed by atoms with Gasteiger partial charge in [-0.3, -0.25) is 9.08 Å². The number of halogens is 1. The number of amides is 1. The zero-order valence-electron chi connectivity index (χ0n) is 14.8. The quantitative estimate of drug-likeness (QED) is 0.680. The number of hydrogen-bond donors (Lipinski definition) is 0. The maximum Gasteiger partial charge on any atom is 0.414 e. The van der Waals surface area contributed by atoms with Crippen LogP contribution in [0.4, 0.5) is 20.6 Å². The van der Waals surface area contributed by atoms with Crippen LogP contribution in [0.3, 0.4) is 0 Å². The van der Waals surface area contributed by atoms with E-state index in [0.717, 1.165) is 7.11 Å². The highest BCUT2D eigenvalue weighted by atomic mass is 32.2. The Morgan fingerprint density at radius 1 is 1.35 bits per heavy atom. The van der Waals surface area contributed by atoms with Gasteiger partial charge in [-0.25, -0.2) is 9.18 Å². The van der Waals surface area contributed by atoms with Crippen LogP contribution in [0, 0.1) is 5.82 Å². The molecule has 1 unspecified atom stereocenters. The van der Waals surface area contributed by atoms with Gasteiger partial charge in [0.25, 0.3) is 10.1 Å². The second kappa shape index (κ2) is 6.67. The van der Waals surface area contributed by atoms with E-state index in [1.807, 2.05) is 11.8 Å². The first-order chi connectivity index (χ1) is 12.2. The van der Waals surface area contributed by atoms with Crippen LogP contribution < -0.4 is 9.80 Å². The molecule has 2 saturated heterocycles. The number of cyclic esters (lactones) is 1. The summed E-state index contributed by atoms with van der Waals surface area (Å²) in [5.74, 6) is -0.920. The van der Waals surface area contributed by atoms with Crippen molar-refractivity contribution in [1.29, 1.82) is 0 Å². The predicted octanol–water partition coefficient (Wildman–Crippen LogP) is 1.35. The van der Waals surface area contributed by atoms with Crippen molar-refractivity contribution in [3.05, 3.63) is 24.0 Å². The molecule has 0 saturated carbocycles. The monoisotopic (exact) mass is 388 g/mol. The summed E-state index contributed by atoms with van der Waals surface area (Å²) in [7, 11) is -1.10. The smallest absolute Gasteiger partial charge is 0.414 e. The molecule has 0 bridgehead atoms. The molecule has 0 aliphatic carbocycles. The van der Waals surface area contributed by atoms with Crippen molar-refractivity contribution in [1.82, 2.24) is 0 Å². The lowest BCUT2D eigenvalue weighted by Gasteiger charge is -2.48. The fourth-order valence-corrected chi connectivity index (χ4v) is 3.86. The molecule has 0 spiro atoms. The van der Waals surface area contributed by atoms with Gasteiger partial charge in [0.15, 0.2) is 0 Å². The van der Waals surface area contributed by atoms with E-state index >= 15 is 0 Å². The van der Waals surface area contributed by atoms with E-state index in [2.05, 4.69) is 4.18 Å². The van der Waals surface area contributed by atoms with E-state index < -0.39 is 33.9 Å². The van der Waals surface area contributed by atoms with E-state index in [4.69, 9.17) is 9.47 Å². The Morgan fingerprint density at radius 2 is 2.04 bits per heavy atom. The van der Waals surface area contributed by atoms with E-state index in [0.29, 0.717) is 24.5 Å². The summed E-state index contributed by atoms with van der Waals surface area (Å²) >= 11 is 0. The molecular formula is C16H21FN2O6S. The minimum Gasteiger partial charge on any atom is -0.443 e. The highest BCUT2D eigenvalue weighted by Crippen LogP contribution is 2.34. The van der Waals surface area contributed by atoms with Gasteiger partial charge in [0.2, 0.25) is 0 Å². The Balaban J connectivity index is 1.71. The molecule has 0 aromatic heterocycles. The highest BCUT2D eigenvalue weighted by molar-refractivity contribution is 7.86. The van der Waals surface area contributed by atoms with Crippen LogP contribution in [-0.4, -0.2) is 65.8 Å². The van der Waals surface area contributed by atoms with Crippen molar-refractivity contribution >= 4 is 27.6 Å². The molecule has 0 N–H and O–H groups in total. The summed E-state index contributed by atoms with van der Waals surface area (Å²) < 4.78 is 52.2. The van der Waals surface area contributed by atoms with Gasteiger partial charge in [0.1, 0.15) is 17.7 Å². The van der Waals surface area contributed by atoms with Gasteiger partial charge in [-0.05, 0) is 25.1 Å². The third-order valence-corrected chi connectivity index (χ3v) is 5.93. The summed E-state index contributed by atoms with van der Waals surface area (Å²) in [5, 5.41) is 0. The summed E-state index contributed by atoms with van der Waals surface area (Å²) in [6.45, 7) is 3.10. The molecule has 1 aromatic carbocycles. The largest absolute Gasteiger partial charge is 0.443 e. The molecule has 10 heteroatoms. The van der Waals surface area contributed by atoms with Crippen molar-refractivity contribution < 1.29 is 31.3 Å². The molecule has 2 aliphatic heterocycles. The number of hydrogen-bond acceptors (Lipinski definition) is 7. The zero-order valence-corrected chi connectivity index (χ0v) is 15.6. The van der Waals surface area contributed by atoms with Crippen molar-refractivity contribution in [2.24, 2.45) is 0 Å². The molecular weight excluding hydrogens is 367 g/mol. The average Bonchev–Trinajstić information content (AvgIpc) is 2.91. The highest BCUT2D eigenvalue weighted by Gasteiger charge is 2.40. The second-order valence-electron chi connectivity index (χ2n) is 6.65. The molecule has 144 valence electrons. The van der Waals surface area contributed by atoms with Gasteiger partial charge in [0.05, 0.1) is 30.6 Å². The van der Waals surface area contributed by atoms with Gasteiger partial charge < -0.3 is 14.4 Å². The first kappa shape index (κ1) is 18.9. The summed E-state index contributed by atoms with van der Waals surface area (Å²) in [6, 6.07) is 4.44. The molecule has 1 amide bonds. The van der Waals surface area contributed by atoms with Crippen LogP contribution in [0.2, 0.25) is 0 Å². The molecule has 0 radical (unpaired) electrons. The van der Waals surface area contributed by atoms with Crippen molar-refractivity contribution in [3.63, 3.8) is 0 Å². The molecule has 2 heterocycles. The van der Waals surface area contributed by atoms with Crippen LogP contribution >= 0.6 is 0 Å². The van der Waals surface area contributed by atoms with Crippen molar-refractivity contribution in [3.8, 4) is 0 Å². The van der Waals surface area contributed by atoms with Crippen molar-refractivity contribution in [2.45, 2.75) is 18.6 Å². The Bertz CT molecular complexity index is 809. The van der Waals surface area contributed by atoms with Crippen LogP contribution in [-0.2, 0) is 23.8 Å². The van der Waals surface area contributed by atoms with E-state index in [-0.39, 0.29) is 12.1 Å². The van der Waals surface area contributed by atoms with Gasteiger partial charge in [0, 0.05) is 20.2 Å². The second-order valence-corrected chi connectivity index (χ2v) is 8.44. The number of benzene rings is 1. The van der Waals surface area contributed by atoms with Crippen LogP contribution in [0.25, 0.3) is 0 Å². The topological polar surface area (TPSA) is 85.4 Å². The molecule has 8 nitrogen and oxygen atoms in total. The van der Waals surface area contributed by atoms with Gasteiger partial charge in [-0.2, -0.15) is 8.42 Å². The number of nitrogens with zero attached hydrogens (tertiary/aromatic N) is 2. The lowest BCUT2D eigenvalue weighted by molar-refractivity contribution is -0.0170.